The fraction of sp³-hybridized carbons (Fsp3) is 0.253. The van der Waals surface area contributed by atoms with E-state index < -0.39 is 23.6 Å². The first kappa shape index (κ1) is 71.0. The molecule has 0 atom stereocenters. The van der Waals surface area contributed by atoms with E-state index in [4.69, 9.17) is 31.2 Å². The number of nitrogens with zero attached hydrogens (tertiary/aromatic N) is 3. The Hall–Kier alpha value is -10.9. The number of thiocarbonyl (C=S) groups is 1. The predicted molar refractivity (Wildman–Crippen MR) is 412 cm³/mol. The number of benzene rings is 9. The molecule has 0 saturated carbocycles. The molecule has 14 nitrogen and oxygen atoms in total. The third-order valence-electron chi connectivity index (χ3n) is 19.4. The largest absolute Gasteiger partial charge is 0.497 e. The number of nitrogens with one attached hydrogen (secondary N) is 3. The Kier molecular flexibility index (Phi) is 24.3. The van der Waals surface area contributed by atoms with Gasteiger partial charge < -0.3 is 49.6 Å². The molecule has 9 aromatic carbocycles. The van der Waals surface area contributed by atoms with Crippen LogP contribution in [-0.2, 0) is 23.9 Å². The minimum atomic E-state index is -0.643. The van der Waals surface area contributed by atoms with Crippen molar-refractivity contribution in [2.24, 2.45) is 0 Å². The first-order valence-electron chi connectivity index (χ1n) is 35.4. The summed E-state index contributed by atoms with van der Waals surface area (Å²) in [7, 11) is 5.00. The van der Waals surface area contributed by atoms with Crippen LogP contribution in [0.4, 0.5) is 0 Å². The average molecular weight is 1380 g/mol. The third-order valence-corrected chi connectivity index (χ3v) is 19.8. The quantitative estimate of drug-likeness (QED) is 0.0319. The molecular formula is C87H88N6O8S. The van der Waals surface area contributed by atoms with E-state index in [1.54, 1.807) is 31.1 Å². The fourth-order valence-electron chi connectivity index (χ4n) is 13.9. The van der Waals surface area contributed by atoms with Crippen LogP contribution in [0.2, 0.25) is 0 Å². The molecule has 0 bridgehead atoms. The zero-order valence-corrected chi connectivity index (χ0v) is 59.2. The molecule has 0 aliphatic carbocycles. The Bertz CT molecular complexity index is 4450. The number of ether oxygens (including phenoxy) is 4. The summed E-state index contributed by atoms with van der Waals surface area (Å²) < 4.78 is 22.4. The van der Waals surface area contributed by atoms with Gasteiger partial charge in [-0.05, 0) is 212 Å². The van der Waals surface area contributed by atoms with Crippen LogP contribution in [0.25, 0.3) is 55.7 Å². The lowest BCUT2D eigenvalue weighted by molar-refractivity contribution is -0.148. The summed E-state index contributed by atoms with van der Waals surface area (Å²) in [5.74, 6) is -0.0743. The summed E-state index contributed by atoms with van der Waals surface area (Å²) >= 11 is 5.89. The Labute approximate surface area is 604 Å². The van der Waals surface area contributed by atoms with Gasteiger partial charge in [-0.3, -0.25) is 19.2 Å². The lowest BCUT2D eigenvalue weighted by Crippen LogP contribution is -2.48. The number of amides is 4. The van der Waals surface area contributed by atoms with Crippen LogP contribution in [0.5, 0.6) is 17.2 Å². The second kappa shape index (κ2) is 35.0. The Balaban J connectivity index is 0.908. The van der Waals surface area contributed by atoms with Gasteiger partial charge in [-0.2, -0.15) is 0 Å². The molecule has 0 unspecified atom stereocenters. The van der Waals surface area contributed by atoms with E-state index in [0.717, 1.165) is 168 Å². The van der Waals surface area contributed by atoms with Crippen molar-refractivity contribution in [3.05, 3.63) is 281 Å². The number of rotatable bonds is 23. The molecule has 3 fully saturated rings. The van der Waals surface area contributed by atoms with E-state index in [0.29, 0.717) is 64.5 Å². The normalized spacial score (nSPS) is 14.5. The van der Waals surface area contributed by atoms with Crippen LogP contribution >= 0.6 is 12.2 Å². The summed E-state index contributed by atoms with van der Waals surface area (Å²) in [5, 5.41) is 10.4. The van der Waals surface area contributed by atoms with Crippen LogP contribution in [0.15, 0.2) is 231 Å². The van der Waals surface area contributed by atoms with E-state index >= 15 is 0 Å². The molecule has 0 radical (unpaired) electrons. The summed E-state index contributed by atoms with van der Waals surface area (Å²) in [4.78, 5) is 59.6. The molecule has 3 aliphatic heterocycles. The molecule has 3 aliphatic rings. The molecule has 12 rings (SSSR count). The summed E-state index contributed by atoms with van der Waals surface area (Å²) in [6.45, 7) is 5.75. The van der Waals surface area contributed by atoms with Gasteiger partial charge in [0.1, 0.15) is 17.2 Å². The highest BCUT2D eigenvalue weighted by Gasteiger charge is 2.27. The van der Waals surface area contributed by atoms with Crippen molar-refractivity contribution in [1.29, 1.82) is 0 Å². The topological polar surface area (TPSA) is 151 Å². The molecule has 0 spiro atoms. The maximum absolute atomic E-state index is 13.8. The van der Waals surface area contributed by atoms with Gasteiger partial charge in [0.05, 0.1) is 34.5 Å². The number of morpholine rings is 1. The Morgan fingerprint density at radius 1 is 0.343 bits per heavy atom. The smallest absolute Gasteiger partial charge is 0.312 e. The van der Waals surface area contributed by atoms with Crippen molar-refractivity contribution in [1.82, 2.24) is 30.7 Å². The van der Waals surface area contributed by atoms with Gasteiger partial charge in [0, 0.05) is 58.9 Å². The van der Waals surface area contributed by atoms with E-state index in [-0.39, 0.29) is 13.1 Å². The molecular weight excluding hydrogens is 1290 g/mol. The van der Waals surface area contributed by atoms with Crippen LogP contribution in [-0.4, -0.2) is 137 Å². The minimum Gasteiger partial charge on any atom is -0.497 e. The van der Waals surface area contributed by atoms with Crippen LogP contribution in [0.3, 0.4) is 0 Å². The highest BCUT2D eigenvalue weighted by molar-refractivity contribution is 7.80. The van der Waals surface area contributed by atoms with Gasteiger partial charge in [0.15, 0.2) is 5.11 Å². The number of hydrogen-bond donors (Lipinski definition) is 3. The summed E-state index contributed by atoms with van der Waals surface area (Å²) in [6, 6.07) is 79.8. The average Bonchev–Trinajstić information content (AvgIpc) is 0.803. The van der Waals surface area contributed by atoms with Gasteiger partial charge in [0.25, 0.3) is 0 Å². The van der Waals surface area contributed by atoms with Crippen molar-refractivity contribution in [3.8, 4) is 39.5 Å². The Morgan fingerprint density at radius 2 is 0.667 bits per heavy atom. The van der Waals surface area contributed by atoms with Crippen LogP contribution < -0.4 is 30.2 Å². The molecule has 3 heterocycles. The number of carbonyl (C=O) groups excluding carboxylic acids is 4. The molecule has 4 amide bonds. The molecule has 15 heteroatoms. The molecule has 102 heavy (non-hydrogen) atoms. The summed E-state index contributed by atoms with van der Waals surface area (Å²) in [5.41, 5.74) is 19.3. The first-order chi connectivity index (χ1) is 50.0. The molecule has 3 N–H and O–H groups in total. The van der Waals surface area contributed by atoms with Gasteiger partial charge in [0.2, 0.25) is 0 Å². The monoisotopic (exact) mass is 1380 g/mol. The molecule has 3 saturated heterocycles. The lowest BCUT2D eigenvalue weighted by Gasteiger charge is -2.26. The standard InChI is InChI=1S/C87H88N6O8S/c1-98-74-40-34-69(35-41-74)80(67-18-9-5-10-19-67)78(46-49-89-84(95)86(97)92-56-58-101-59-57-92)65-30-24-63(25-31-65)72-20-15-21-73(60-72)82(71-38-44-76(100-3)45-39-71)79(47-50-88-83(94)85(96)91-52-11-6-12-53-91)66-28-22-61(23-29-66)62-26-32-68(33-27-62)81(70-36-42-75(99-2)43-37-70)77(64-16-7-4-8-17-64)48-51-90-87(102)93-54-13-14-55-93/h4-5,7-10,15-45,60H,6,11-14,46-59H2,1-3H3,(H,88,94)(H,89,95)(H,90,102)/b80-78-,81-77-,82-79+. The highest BCUT2D eigenvalue weighted by Crippen LogP contribution is 2.41. The second-order valence-electron chi connectivity index (χ2n) is 25.7. The van der Waals surface area contributed by atoms with Crippen molar-refractivity contribution in [2.75, 3.05) is 93.4 Å². The van der Waals surface area contributed by atoms with Gasteiger partial charge >= 0.3 is 23.6 Å². The van der Waals surface area contributed by atoms with Crippen molar-refractivity contribution in [3.63, 3.8) is 0 Å². The zero-order chi connectivity index (χ0) is 70.6. The van der Waals surface area contributed by atoms with Crippen molar-refractivity contribution < 1.29 is 38.1 Å². The number of methoxy groups -OCH3 is 3. The number of piperidine rings is 1. The second-order valence-corrected chi connectivity index (χ2v) is 26.1. The van der Waals surface area contributed by atoms with Gasteiger partial charge in [-0.25, -0.2) is 0 Å². The Morgan fingerprint density at radius 3 is 1.10 bits per heavy atom. The highest BCUT2D eigenvalue weighted by atomic mass is 32.1. The van der Waals surface area contributed by atoms with E-state index in [2.05, 4.69) is 185 Å². The number of hydrogen-bond acceptors (Lipinski definition) is 9. The maximum Gasteiger partial charge on any atom is 0.312 e. The van der Waals surface area contributed by atoms with E-state index in [9.17, 15) is 19.2 Å². The molecule has 520 valence electrons. The molecule has 9 aromatic rings. The minimum absolute atomic E-state index is 0.208. The van der Waals surface area contributed by atoms with Crippen LogP contribution in [0.1, 0.15) is 101 Å². The van der Waals surface area contributed by atoms with Gasteiger partial charge in [-0.1, -0.05) is 188 Å². The predicted octanol–water partition coefficient (Wildman–Crippen LogP) is 15.2. The lowest BCUT2D eigenvalue weighted by atomic mass is 9.85. The SMILES string of the molecule is COc1ccc(/C(=C(/CCNC(=O)C(=O)N2CCOCC2)c2ccc(-c3cccc(/C(=C(\CCNC(=O)C(=O)N4CCCCC4)c4ccc(-c5ccc(/C(=C(\CCNC(=S)N6CCCC6)c6ccccc6)c6ccc(OC)cc6)cc5)cc4)c4ccc(OC)cc4)c3)cc2)c2ccccc2)cc1. The van der Waals surface area contributed by atoms with Crippen molar-refractivity contribution >= 4 is 74.4 Å². The van der Waals surface area contributed by atoms with E-state index in [1.807, 2.05) is 66.7 Å². The first-order valence-corrected chi connectivity index (χ1v) is 35.9. The van der Waals surface area contributed by atoms with Crippen molar-refractivity contribution in [2.45, 2.75) is 51.4 Å². The third kappa shape index (κ3) is 17.6. The fourth-order valence-corrected chi connectivity index (χ4v) is 14.2. The maximum atomic E-state index is 13.8. The number of likely N-dealkylation sites (tertiary alicyclic amines) is 2. The van der Waals surface area contributed by atoms with Crippen LogP contribution in [0, 0.1) is 0 Å². The zero-order valence-electron chi connectivity index (χ0n) is 58.4. The summed E-state index contributed by atoms with van der Waals surface area (Å²) in [6.07, 6.45) is 6.66. The van der Waals surface area contributed by atoms with Gasteiger partial charge in [-0.15, -0.1) is 0 Å². The van der Waals surface area contributed by atoms with E-state index in [1.165, 1.54) is 5.57 Å². The molecule has 0 aromatic heterocycles. The number of carbonyl (C=O) groups is 4.